The number of nitrogens with zero attached hydrogens (tertiary/aromatic N) is 1. The van der Waals surface area contributed by atoms with Gasteiger partial charge in [-0.25, -0.2) is 0 Å². The molecule has 1 aliphatic rings. The first-order chi connectivity index (χ1) is 63.1. The number of rotatable bonds is 57. The first-order valence-electron chi connectivity index (χ1n) is 43.7. The lowest BCUT2D eigenvalue weighted by atomic mass is 9.99. The average Bonchev–Trinajstić information content (AvgIpc) is 1.72. The number of para-hydroxylation sites is 2. The van der Waals surface area contributed by atoms with Crippen molar-refractivity contribution < 1.29 is 107 Å². The number of H-pyrrole nitrogens is 2. The summed E-state index contributed by atoms with van der Waals surface area (Å²) < 4.78 is 0. The van der Waals surface area contributed by atoms with Crippen LogP contribution >= 0.6 is 25.3 Å². The van der Waals surface area contributed by atoms with Gasteiger partial charge in [0.25, 0.3) is 0 Å². The number of nitrogens with two attached hydrogens (primary N) is 4. The van der Waals surface area contributed by atoms with Crippen molar-refractivity contribution in [2.75, 3.05) is 44.2 Å². The van der Waals surface area contributed by atoms with Gasteiger partial charge < -0.3 is 138 Å². The number of carbonyl (C=O) groups excluding carboxylic acids is 15. The zero-order chi connectivity index (χ0) is 98.3. The Morgan fingerprint density at radius 1 is 0.466 bits per heavy atom. The Morgan fingerprint density at radius 3 is 1.45 bits per heavy atom. The number of likely N-dealkylation sites (tertiary alicyclic amines) is 1. The molecule has 0 bridgehead atoms. The van der Waals surface area contributed by atoms with E-state index >= 15 is 24.0 Å². The van der Waals surface area contributed by atoms with Crippen LogP contribution in [0, 0.1) is 11.3 Å². The van der Waals surface area contributed by atoms with Crippen LogP contribution in [0.4, 0.5) is 0 Å². The number of benzene rings is 3. The number of phenolic OH excluding ortho intramolecular Hbond substituents is 1. The van der Waals surface area contributed by atoms with Gasteiger partial charge >= 0.3 is 17.9 Å². The monoisotopic (exact) mass is 1900 g/mol. The van der Waals surface area contributed by atoms with E-state index in [0.717, 1.165) is 4.90 Å². The second kappa shape index (κ2) is 54.6. The number of amides is 15. The quantitative estimate of drug-likeness (QED) is 0.00764. The second-order valence-electron chi connectivity index (χ2n) is 32.8. The van der Waals surface area contributed by atoms with Crippen molar-refractivity contribution in [3.8, 4) is 5.75 Å². The molecule has 0 aliphatic carbocycles. The molecule has 5 aromatic rings. The van der Waals surface area contributed by atoms with E-state index in [9.17, 15) is 82.8 Å². The van der Waals surface area contributed by atoms with Gasteiger partial charge in [0.05, 0.1) is 19.0 Å². The van der Waals surface area contributed by atoms with Crippen molar-refractivity contribution in [1.29, 1.82) is 5.41 Å². The number of aromatic amines is 2. The third-order valence-electron chi connectivity index (χ3n) is 21.7. The zero-order valence-electron chi connectivity index (χ0n) is 74.6. The number of carboxylic acid groups (broad SMARTS) is 3. The Balaban J connectivity index is 1.25. The Labute approximate surface area is 777 Å². The van der Waals surface area contributed by atoms with Crippen molar-refractivity contribution >= 4 is 160 Å². The predicted octanol–water partition coefficient (Wildman–Crippen LogP) is -3.97. The van der Waals surface area contributed by atoms with Crippen molar-refractivity contribution in [1.82, 2.24) is 94.6 Å². The third-order valence-corrected chi connectivity index (χ3v) is 22.5. The summed E-state index contributed by atoms with van der Waals surface area (Å²) >= 11 is 8.46. The summed E-state index contributed by atoms with van der Waals surface area (Å²) in [6, 6.07) is -3.41. The van der Waals surface area contributed by atoms with E-state index in [1.807, 2.05) is 0 Å². The summed E-state index contributed by atoms with van der Waals surface area (Å²) in [7, 11) is 0. The SMILES string of the molecule is CC(C)C[C@@H](NC(=O)[C@@H](Cc1c[nH]c2ccccc12)NC(=O)[C@@H](CCCNC(=N)N)NC(=O)[C@@H](Cc1c[nH]c2ccccc12)NC(=O)[C@@H](CCC(=O)O)NC(=O)[C@H]1CCCN1C(=O)[C@@H](Cc1ccc(O)cc1)NC(=O)[C@@H](CC(=O)O)NC(=O)[C@@H](CS)NC(=O)[C@@H](C)NC(=O)CNC(=O)[C@@H](CCCCN)NC(=O)[C@H](N)CCCCN)C(=O)N[C@H](CS)C(=O)N[C@H](C)C(=O)N[C@H](C)C(=O)O. The van der Waals surface area contributed by atoms with Crippen LogP contribution in [-0.4, -0.2) is 283 Å². The normalized spacial score (nSPS) is 15.5. The molecule has 3 aromatic carbocycles. The van der Waals surface area contributed by atoms with Crippen LogP contribution in [0.5, 0.6) is 5.75 Å². The minimum absolute atomic E-state index is 0.00692. The molecule has 0 saturated carbocycles. The Kier molecular flexibility index (Phi) is 44.6. The van der Waals surface area contributed by atoms with Crippen molar-refractivity contribution in [2.24, 2.45) is 28.9 Å². The molecule has 3 heterocycles. The summed E-state index contributed by atoms with van der Waals surface area (Å²) in [5.41, 5.74) is 25.3. The highest BCUT2D eigenvalue weighted by Crippen LogP contribution is 2.25. The van der Waals surface area contributed by atoms with Gasteiger partial charge in [0, 0.05) is 84.5 Å². The number of carboxylic acids is 3. The van der Waals surface area contributed by atoms with Crippen LogP contribution in [0.25, 0.3) is 21.8 Å². The maximum atomic E-state index is 15.4. The molecule has 0 spiro atoms. The van der Waals surface area contributed by atoms with Crippen molar-refractivity contribution in [2.45, 2.75) is 234 Å². The minimum atomic E-state index is -2.02. The molecular formula is C86H125N23O22S2. The summed E-state index contributed by atoms with van der Waals surface area (Å²) in [4.78, 5) is 257. The maximum absolute atomic E-state index is 15.4. The summed E-state index contributed by atoms with van der Waals surface area (Å²) in [5.74, 6) is -20.6. The highest BCUT2D eigenvalue weighted by molar-refractivity contribution is 7.80. The van der Waals surface area contributed by atoms with Crippen LogP contribution in [0.1, 0.15) is 141 Å². The van der Waals surface area contributed by atoms with E-state index in [2.05, 4.69) is 115 Å². The molecule has 47 heteroatoms. The highest BCUT2D eigenvalue weighted by atomic mass is 32.1. The van der Waals surface area contributed by atoms with Gasteiger partial charge in [-0.3, -0.25) is 91.7 Å². The molecule has 0 unspecified atom stereocenters. The fourth-order valence-corrected chi connectivity index (χ4v) is 14.9. The number of guanidine groups is 1. The van der Waals surface area contributed by atoms with E-state index in [-0.39, 0.29) is 87.4 Å². The lowest BCUT2D eigenvalue weighted by Gasteiger charge is -2.31. The molecule has 1 fully saturated rings. The lowest BCUT2D eigenvalue weighted by Crippen LogP contribution is -2.61. The van der Waals surface area contributed by atoms with Crippen molar-refractivity contribution in [3.05, 3.63) is 102 Å². The zero-order valence-corrected chi connectivity index (χ0v) is 76.4. The molecule has 1 aliphatic heterocycles. The number of unbranched alkanes of at least 4 members (excludes halogenated alkanes) is 2. The number of aromatic nitrogens is 2. The van der Waals surface area contributed by atoms with E-state index in [4.69, 9.17) is 28.3 Å². The van der Waals surface area contributed by atoms with Gasteiger partial charge in [0.2, 0.25) is 88.6 Å². The number of carbonyl (C=O) groups is 18. The molecule has 728 valence electrons. The number of hydrogen-bond acceptors (Lipinski definition) is 25. The Morgan fingerprint density at radius 2 is 0.910 bits per heavy atom. The summed E-state index contributed by atoms with van der Waals surface area (Å²) in [5, 5.41) is 86.6. The molecule has 45 nitrogen and oxygen atoms in total. The highest BCUT2D eigenvalue weighted by Gasteiger charge is 2.43. The first kappa shape index (κ1) is 109. The van der Waals surface area contributed by atoms with Gasteiger partial charge in [-0.1, -0.05) is 68.8 Å². The number of phenols is 1. The number of hydrogen-bond donors (Lipinski definition) is 28. The fraction of sp³-hybridized carbons (Fsp3) is 0.523. The van der Waals surface area contributed by atoms with Crippen LogP contribution in [0.2, 0.25) is 0 Å². The van der Waals surface area contributed by atoms with Crippen LogP contribution in [0.3, 0.4) is 0 Å². The van der Waals surface area contributed by atoms with Crippen LogP contribution < -0.4 is 103 Å². The molecule has 133 heavy (non-hydrogen) atoms. The van der Waals surface area contributed by atoms with Gasteiger partial charge in [0.15, 0.2) is 5.96 Å². The smallest absolute Gasteiger partial charge is 0.325 e. The number of fused-ring (bicyclic) bond motifs is 2. The molecule has 30 N–H and O–H groups in total. The number of aromatic hydroxyl groups is 1. The van der Waals surface area contributed by atoms with E-state index < -0.39 is 241 Å². The van der Waals surface area contributed by atoms with Crippen LogP contribution in [0.15, 0.2) is 85.2 Å². The average molecular weight is 1900 g/mol. The van der Waals surface area contributed by atoms with E-state index in [1.165, 1.54) is 45.0 Å². The van der Waals surface area contributed by atoms with Gasteiger partial charge in [-0.2, -0.15) is 25.3 Å². The summed E-state index contributed by atoms with van der Waals surface area (Å²) in [6.45, 7) is 6.99. The standard InChI is InChI=1S/C86H125N23O22S2/c1-44(2)34-60(77(122)108-65(42-132)81(126)97-46(4)71(116)98-47(5)85(130)131)102-79(124)62(37-50-40-94-56-20-9-7-17-53(50)56)103-75(120)58(22-14-32-92-86(90)91)100-78(123)61(36-49-39-93-55-19-8-6-16-52(49)55)104-76(121)59(28-29-69(112)113)101-83(128)67-23-15-33-109(67)84(129)64(35-48-24-26-51(110)27-25-48)106-80(125)63(38-70(114)115)105-82(127)66(43-133)107-72(117)45(3)96-68(111)41-95-74(119)57(21-11-13-31-88)99-73(118)54(89)18-10-12-30-87/h6-9,16-17,19-20,24-27,39-40,44-47,54,57-67,93-94,110,132-133H,10-15,18,21-23,28-38,41-43,87-89H2,1-5H3,(H,95,119)(H,96,111)(H,97,126)(H,98,116)(H,99,118)(H,100,123)(H,101,128)(H,102,124)(H,103,120)(H,104,121)(H,105,127)(H,106,125)(H,107,117)(H,108,122)(H,112,113)(H,114,115)(H,130,131)(H4,90,91,92)/t45-,46-,47-,54-,57-,58-,59-,60-,61-,62-,63-,64-,65-,66-,67-/m1/s1. The Hall–Kier alpha value is -13.1. The van der Waals surface area contributed by atoms with Crippen LogP contribution in [-0.2, 0) is 106 Å². The number of aliphatic carboxylic acids is 3. The molecule has 2 aromatic heterocycles. The first-order valence-corrected chi connectivity index (χ1v) is 44.9. The fourth-order valence-electron chi connectivity index (χ4n) is 14.4. The van der Waals surface area contributed by atoms with Gasteiger partial charge in [0.1, 0.15) is 90.3 Å². The topological polar surface area (TPSA) is 731 Å². The van der Waals surface area contributed by atoms with Gasteiger partial charge in [-0.05, 0) is 151 Å². The predicted molar refractivity (Wildman–Crippen MR) is 493 cm³/mol. The maximum Gasteiger partial charge on any atom is 0.325 e. The molecule has 0 radical (unpaired) electrons. The lowest BCUT2D eigenvalue weighted by molar-refractivity contribution is -0.144. The largest absolute Gasteiger partial charge is 0.508 e. The Bertz CT molecular complexity index is 4900. The molecule has 6 rings (SSSR count). The third kappa shape index (κ3) is 35.5. The van der Waals surface area contributed by atoms with E-state index in [1.54, 1.807) is 74.8 Å². The van der Waals surface area contributed by atoms with Gasteiger partial charge in [-0.15, -0.1) is 0 Å². The summed E-state index contributed by atoms with van der Waals surface area (Å²) in [6.07, 6.45) is 1.79. The molecule has 1 saturated heterocycles. The molecular weight excluding hydrogens is 1770 g/mol. The molecule has 15 amide bonds. The van der Waals surface area contributed by atoms with Crippen molar-refractivity contribution in [3.63, 3.8) is 0 Å². The molecule has 15 atom stereocenters. The number of thiol groups is 2. The second-order valence-corrected chi connectivity index (χ2v) is 33.5. The minimum Gasteiger partial charge on any atom is -0.508 e. The number of nitrogens with one attached hydrogen (secondary N) is 18. The van der Waals surface area contributed by atoms with E-state index in [0.29, 0.717) is 78.1 Å².